The van der Waals surface area contributed by atoms with Crippen molar-refractivity contribution in [3.05, 3.63) is 35.9 Å². The Bertz CT molecular complexity index is 963. The van der Waals surface area contributed by atoms with E-state index in [1.54, 1.807) is 0 Å². The van der Waals surface area contributed by atoms with Crippen LogP contribution in [0.3, 0.4) is 0 Å². The second-order valence-corrected chi connectivity index (χ2v) is 10.3. The average Bonchev–Trinajstić information content (AvgIpc) is 3.14. The highest BCUT2D eigenvalue weighted by Crippen LogP contribution is 2.00. The van der Waals surface area contributed by atoms with Crippen LogP contribution < -0.4 is 10.6 Å². The number of carboxylic acid groups (broad SMARTS) is 1. The number of alkyl carbamates (subject to hydrolysis) is 1. The van der Waals surface area contributed by atoms with Crippen LogP contribution in [-0.4, -0.2) is 182 Å². The number of hydrogen-bond acceptors (Lipinski definition) is 15. The van der Waals surface area contributed by atoms with Gasteiger partial charge >= 0.3 is 12.1 Å². The number of carbonyl (C=O) groups is 3. The van der Waals surface area contributed by atoms with Gasteiger partial charge in [0, 0.05) is 13.1 Å². The van der Waals surface area contributed by atoms with Gasteiger partial charge in [-0.15, -0.1) is 0 Å². The lowest BCUT2D eigenvalue weighted by Crippen LogP contribution is -2.31. The van der Waals surface area contributed by atoms with Crippen molar-refractivity contribution in [3.8, 4) is 0 Å². The Morgan fingerprint density at radius 2 is 0.788 bits per heavy atom. The summed E-state index contributed by atoms with van der Waals surface area (Å²) in [5.41, 5.74) is 0.930. The standard InChI is InChI=1S/C34H58N2O16/c37-32(29-51-30-33(38)39)35-6-8-41-10-12-43-14-16-45-18-20-47-22-24-49-26-27-50-25-23-48-21-19-46-17-15-44-13-11-42-9-7-36-34(40)52-28-31-4-2-1-3-5-31/h1-5H,6-30H2,(H,35,37)(H,36,40)(H,38,39). The van der Waals surface area contributed by atoms with Crippen LogP contribution in [0.5, 0.6) is 0 Å². The molecule has 1 rings (SSSR count). The van der Waals surface area contributed by atoms with Gasteiger partial charge in [-0.25, -0.2) is 9.59 Å². The summed E-state index contributed by atoms with van der Waals surface area (Å²) in [7, 11) is 0. The minimum absolute atomic E-state index is 0.229. The van der Waals surface area contributed by atoms with Gasteiger partial charge in [-0.1, -0.05) is 30.3 Å². The molecule has 52 heavy (non-hydrogen) atoms. The highest BCUT2D eigenvalue weighted by molar-refractivity contribution is 5.77. The molecule has 0 unspecified atom stereocenters. The number of hydrogen-bond donors (Lipinski definition) is 3. The molecule has 3 N–H and O–H groups in total. The first-order valence-electron chi connectivity index (χ1n) is 17.4. The van der Waals surface area contributed by atoms with Crippen molar-refractivity contribution < 1.29 is 76.3 Å². The molecule has 1 aromatic rings. The summed E-state index contributed by atoms with van der Waals surface area (Å²) in [4.78, 5) is 33.3. The molecule has 0 saturated heterocycles. The molecule has 0 fully saturated rings. The molecule has 18 nitrogen and oxygen atoms in total. The van der Waals surface area contributed by atoms with E-state index in [0.29, 0.717) is 145 Å². The van der Waals surface area contributed by atoms with Gasteiger partial charge in [-0.05, 0) is 5.56 Å². The smallest absolute Gasteiger partial charge is 0.407 e. The zero-order valence-corrected chi connectivity index (χ0v) is 30.1. The van der Waals surface area contributed by atoms with Crippen molar-refractivity contribution in [1.29, 1.82) is 0 Å². The van der Waals surface area contributed by atoms with Crippen LogP contribution in [0.15, 0.2) is 30.3 Å². The van der Waals surface area contributed by atoms with Gasteiger partial charge in [0.2, 0.25) is 5.91 Å². The fourth-order valence-corrected chi connectivity index (χ4v) is 3.63. The molecule has 0 aliphatic rings. The molecule has 300 valence electrons. The zero-order valence-electron chi connectivity index (χ0n) is 30.1. The molecule has 0 aliphatic carbocycles. The minimum Gasteiger partial charge on any atom is -0.480 e. The fourth-order valence-electron chi connectivity index (χ4n) is 3.63. The maximum Gasteiger partial charge on any atom is 0.407 e. The molecule has 1 aromatic carbocycles. The van der Waals surface area contributed by atoms with Crippen molar-refractivity contribution in [2.45, 2.75) is 6.61 Å². The summed E-state index contributed by atoms with van der Waals surface area (Å²) in [5, 5.41) is 13.6. The Morgan fingerprint density at radius 3 is 1.15 bits per heavy atom. The Balaban J connectivity index is 1.64. The van der Waals surface area contributed by atoms with Crippen molar-refractivity contribution >= 4 is 18.0 Å². The summed E-state index contributed by atoms with van der Waals surface area (Å²) < 4.78 is 64.1. The molecule has 0 spiro atoms. The third kappa shape index (κ3) is 35.4. The van der Waals surface area contributed by atoms with Gasteiger partial charge in [0.15, 0.2) is 0 Å². The number of ether oxygens (including phenoxy) is 12. The van der Waals surface area contributed by atoms with E-state index in [-0.39, 0.29) is 13.2 Å². The summed E-state index contributed by atoms with van der Waals surface area (Å²) in [6, 6.07) is 9.47. The first-order valence-corrected chi connectivity index (χ1v) is 17.4. The third-order valence-corrected chi connectivity index (χ3v) is 6.10. The Labute approximate surface area is 305 Å². The summed E-state index contributed by atoms with van der Waals surface area (Å²) in [5.74, 6) is -1.53. The first-order chi connectivity index (χ1) is 25.6. The Hall–Kier alpha value is -3.01. The minimum atomic E-state index is -1.13. The van der Waals surface area contributed by atoms with E-state index < -0.39 is 24.6 Å². The highest BCUT2D eigenvalue weighted by atomic mass is 16.6. The Morgan fingerprint density at radius 1 is 0.442 bits per heavy atom. The normalized spacial score (nSPS) is 11.1. The van der Waals surface area contributed by atoms with Crippen LogP contribution in [0, 0.1) is 0 Å². The van der Waals surface area contributed by atoms with Crippen LogP contribution in [-0.2, 0) is 73.0 Å². The molecule has 0 aromatic heterocycles. The predicted molar refractivity (Wildman–Crippen MR) is 184 cm³/mol. The van der Waals surface area contributed by atoms with Crippen LogP contribution in [0.1, 0.15) is 5.56 Å². The lowest BCUT2D eigenvalue weighted by Gasteiger charge is -2.09. The van der Waals surface area contributed by atoms with E-state index in [2.05, 4.69) is 15.4 Å². The molecule has 0 bridgehead atoms. The van der Waals surface area contributed by atoms with Crippen LogP contribution in [0.4, 0.5) is 4.79 Å². The van der Waals surface area contributed by atoms with Crippen molar-refractivity contribution in [3.63, 3.8) is 0 Å². The van der Waals surface area contributed by atoms with E-state index in [0.717, 1.165) is 5.56 Å². The van der Waals surface area contributed by atoms with Crippen molar-refractivity contribution in [2.75, 3.05) is 158 Å². The number of amides is 2. The van der Waals surface area contributed by atoms with Gasteiger partial charge in [-0.2, -0.15) is 0 Å². The molecule has 0 heterocycles. The quantitative estimate of drug-likeness (QED) is 0.0774. The molecule has 0 atom stereocenters. The molecular weight excluding hydrogens is 692 g/mol. The van der Waals surface area contributed by atoms with E-state index in [4.69, 9.17) is 57.2 Å². The van der Waals surface area contributed by atoms with Gasteiger partial charge in [0.25, 0.3) is 0 Å². The summed E-state index contributed by atoms with van der Waals surface area (Å²) in [6.07, 6.45) is -0.478. The first kappa shape index (κ1) is 47.0. The maximum atomic E-state index is 11.6. The largest absolute Gasteiger partial charge is 0.480 e. The SMILES string of the molecule is O=C(O)COCC(=O)NCCOCCOCCOCCOCCOCCOCCOCCOCCOCCOCCNC(=O)OCc1ccccc1. The topological polar surface area (TPSA) is 206 Å². The number of nitrogens with one attached hydrogen (secondary N) is 2. The second kappa shape index (κ2) is 37.7. The predicted octanol–water partition coefficient (Wildman–Crippen LogP) is 0.296. The number of aliphatic carboxylic acids is 1. The molecule has 0 aliphatic heterocycles. The molecule has 0 radical (unpaired) electrons. The van der Waals surface area contributed by atoms with Crippen molar-refractivity contribution in [2.24, 2.45) is 0 Å². The third-order valence-electron chi connectivity index (χ3n) is 6.10. The number of benzene rings is 1. The van der Waals surface area contributed by atoms with E-state index >= 15 is 0 Å². The highest BCUT2D eigenvalue weighted by Gasteiger charge is 2.04. The molecule has 0 saturated carbocycles. The summed E-state index contributed by atoms with van der Waals surface area (Å²) >= 11 is 0. The molecule has 2 amide bonds. The van der Waals surface area contributed by atoms with E-state index in [9.17, 15) is 14.4 Å². The van der Waals surface area contributed by atoms with Crippen LogP contribution >= 0.6 is 0 Å². The average molecular weight is 751 g/mol. The number of carboxylic acids is 1. The number of rotatable bonds is 39. The summed E-state index contributed by atoms with van der Waals surface area (Å²) in [6.45, 7) is 8.77. The van der Waals surface area contributed by atoms with Gasteiger partial charge in [-0.3, -0.25) is 4.79 Å². The lowest BCUT2D eigenvalue weighted by atomic mass is 10.2. The fraction of sp³-hybridized carbons (Fsp3) is 0.735. The maximum absolute atomic E-state index is 11.6. The molecular formula is C34H58N2O16. The van der Waals surface area contributed by atoms with Gasteiger partial charge in [0.1, 0.15) is 19.8 Å². The Kier molecular flexibility index (Phi) is 34.1. The molecule has 18 heteroatoms. The number of carbonyl (C=O) groups excluding carboxylic acids is 2. The lowest BCUT2D eigenvalue weighted by molar-refractivity contribution is -0.143. The zero-order chi connectivity index (χ0) is 37.4. The van der Waals surface area contributed by atoms with Crippen LogP contribution in [0.25, 0.3) is 0 Å². The second-order valence-electron chi connectivity index (χ2n) is 10.3. The van der Waals surface area contributed by atoms with E-state index in [1.807, 2.05) is 30.3 Å². The van der Waals surface area contributed by atoms with Gasteiger partial charge in [0.05, 0.1) is 132 Å². The van der Waals surface area contributed by atoms with Crippen molar-refractivity contribution in [1.82, 2.24) is 10.6 Å². The monoisotopic (exact) mass is 750 g/mol. The van der Waals surface area contributed by atoms with Crippen LogP contribution in [0.2, 0.25) is 0 Å². The van der Waals surface area contributed by atoms with Gasteiger partial charge < -0.3 is 72.6 Å². The van der Waals surface area contributed by atoms with E-state index in [1.165, 1.54) is 0 Å².